The molecule has 3 rings (SSSR count). The van der Waals surface area contributed by atoms with Crippen molar-refractivity contribution in [2.24, 2.45) is 0 Å². The third-order valence-electron chi connectivity index (χ3n) is 5.04. The predicted octanol–water partition coefficient (Wildman–Crippen LogP) is 3.03. The van der Waals surface area contributed by atoms with E-state index in [1.54, 1.807) is 6.07 Å². The van der Waals surface area contributed by atoms with Crippen molar-refractivity contribution in [3.8, 4) is 0 Å². The van der Waals surface area contributed by atoms with Crippen LogP contribution in [0.5, 0.6) is 0 Å². The Hall–Kier alpha value is -2.72. The van der Waals surface area contributed by atoms with E-state index in [0.29, 0.717) is 31.6 Å². The molecule has 0 spiro atoms. The van der Waals surface area contributed by atoms with Gasteiger partial charge in [-0.05, 0) is 56.6 Å². The van der Waals surface area contributed by atoms with Crippen LogP contribution in [0, 0.1) is 22.9 Å². The highest BCUT2D eigenvalue weighted by Crippen LogP contribution is 2.30. The fraction of sp³-hybridized carbons (Fsp3) is 0.368. The second kappa shape index (κ2) is 8.34. The minimum absolute atomic E-state index is 0.0374. The number of halogens is 1. The van der Waals surface area contributed by atoms with Crippen molar-refractivity contribution in [1.82, 2.24) is 4.72 Å². The lowest BCUT2D eigenvalue weighted by Gasteiger charge is -2.34. The van der Waals surface area contributed by atoms with Crippen LogP contribution >= 0.6 is 0 Å². The van der Waals surface area contributed by atoms with E-state index in [2.05, 4.69) is 10.0 Å². The van der Waals surface area contributed by atoms with Crippen molar-refractivity contribution in [2.75, 3.05) is 30.4 Å². The molecule has 8 nitrogen and oxygen atoms in total. The summed E-state index contributed by atoms with van der Waals surface area (Å²) in [6.07, 6.45) is 1.34. The Morgan fingerprint density at radius 1 is 1.17 bits per heavy atom. The van der Waals surface area contributed by atoms with Crippen LogP contribution in [0.3, 0.4) is 0 Å². The first kappa shape index (κ1) is 21.0. The molecule has 0 radical (unpaired) electrons. The molecular weight excluding hydrogens is 399 g/mol. The third-order valence-corrected chi connectivity index (χ3v) is 6.45. The van der Waals surface area contributed by atoms with Gasteiger partial charge >= 0.3 is 0 Å². The first-order valence-electron chi connectivity index (χ1n) is 9.21. The normalized spacial score (nSPS) is 15.3. The van der Waals surface area contributed by atoms with Crippen molar-refractivity contribution in [2.45, 2.75) is 30.7 Å². The monoisotopic (exact) mass is 422 g/mol. The van der Waals surface area contributed by atoms with Crippen LogP contribution in [0.15, 0.2) is 41.3 Å². The van der Waals surface area contributed by atoms with Gasteiger partial charge in [0.1, 0.15) is 11.5 Å². The number of sulfonamides is 1. The van der Waals surface area contributed by atoms with Gasteiger partial charge in [-0.15, -0.1) is 0 Å². The highest BCUT2D eigenvalue weighted by molar-refractivity contribution is 7.89. The zero-order valence-electron chi connectivity index (χ0n) is 16.2. The number of nitro groups is 1. The Labute approximate surface area is 168 Å². The SMILES string of the molecule is CNS(=O)(=O)c1ccc(NC2CCN(c3cc(C)ccc3F)CC2)c([N+](=O)[O-])c1. The Morgan fingerprint density at radius 2 is 1.86 bits per heavy atom. The van der Waals surface area contributed by atoms with Gasteiger partial charge in [-0.1, -0.05) is 6.07 Å². The van der Waals surface area contributed by atoms with Crippen molar-refractivity contribution in [1.29, 1.82) is 0 Å². The summed E-state index contributed by atoms with van der Waals surface area (Å²) in [7, 11) is -2.53. The molecule has 0 unspecified atom stereocenters. The van der Waals surface area contributed by atoms with Crippen molar-refractivity contribution in [3.05, 3.63) is 57.9 Å². The zero-order valence-corrected chi connectivity index (χ0v) is 17.0. The molecule has 2 N–H and O–H groups in total. The van der Waals surface area contributed by atoms with E-state index in [0.717, 1.165) is 11.6 Å². The van der Waals surface area contributed by atoms with Gasteiger partial charge in [0.05, 0.1) is 15.5 Å². The number of aryl methyl sites for hydroxylation is 1. The van der Waals surface area contributed by atoms with E-state index >= 15 is 0 Å². The van der Waals surface area contributed by atoms with Crippen LogP contribution in [0.1, 0.15) is 18.4 Å². The molecule has 10 heteroatoms. The molecular formula is C19H23FN4O4S. The van der Waals surface area contributed by atoms with Crippen LogP contribution in [-0.2, 0) is 10.0 Å². The highest BCUT2D eigenvalue weighted by atomic mass is 32.2. The van der Waals surface area contributed by atoms with Gasteiger partial charge in [0, 0.05) is 25.2 Å². The zero-order chi connectivity index (χ0) is 21.2. The van der Waals surface area contributed by atoms with E-state index in [1.165, 1.54) is 25.2 Å². The van der Waals surface area contributed by atoms with Crippen LogP contribution in [0.25, 0.3) is 0 Å². The maximum atomic E-state index is 14.1. The lowest BCUT2D eigenvalue weighted by atomic mass is 10.0. The second-order valence-corrected chi connectivity index (χ2v) is 8.89. The molecule has 1 heterocycles. The van der Waals surface area contributed by atoms with Gasteiger partial charge in [0.2, 0.25) is 10.0 Å². The number of hydrogen-bond donors (Lipinski definition) is 2. The molecule has 2 aromatic rings. The largest absolute Gasteiger partial charge is 0.377 e. The summed E-state index contributed by atoms with van der Waals surface area (Å²) >= 11 is 0. The molecule has 0 amide bonds. The molecule has 0 aliphatic carbocycles. The van der Waals surface area contributed by atoms with E-state index in [-0.39, 0.29) is 28.1 Å². The summed E-state index contributed by atoms with van der Waals surface area (Å²) in [6.45, 7) is 3.13. The molecule has 0 bridgehead atoms. The fourth-order valence-corrected chi connectivity index (χ4v) is 4.17. The molecule has 0 atom stereocenters. The summed E-state index contributed by atoms with van der Waals surface area (Å²) in [6, 6.07) is 8.75. The first-order chi connectivity index (χ1) is 13.7. The lowest BCUT2D eigenvalue weighted by Crippen LogP contribution is -2.39. The van der Waals surface area contributed by atoms with Gasteiger partial charge in [-0.25, -0.2) is 17.5 Å². The predicted molar refractivity (Wildman–Crippen MR) is 109 cm³/mol. The van der Waals surface area contributed by atoms with Crippen molar-refractivity contribution in [3.63, 3.8) is 0 Å². The van der Waals surface area contributed by atoms with Crippen LogP contribution in [-0.4, -0.2) is 39.5 Å². The van der Waals surface area contributed by atoms with Gasteiger partial charge in [-0.2, -0.15) is 0 Å². The summed E-state index contributed by atoms with van der Waals surface area (Å²) in [5.74, 6) is -0.265. The topological polar surface area (TPSA) is 105 Å². The quantitative estimate of drug-likeness (QED) is 0.548. The van der Waals surface area contributed by atoms with Crippen LogP contribution in [0.2, 0.25) is 0 Å². The summed E-state index contributed by atoms with van der Waals surface area (Å²) < 4.78 is 40.1. The van der Waals surface area contributed by atoms with Crippen LogP contribution < -0.4 is 14.9 Å². The number of rotatable bonds is 6. The molecule has 0 saturated carbocycles. The number of piperidine rings is 1. The first-order valence-corrected chi connectivity index (χ1v) is 10.7. The minimum Gasteiger partial charge on any atom is -0.377 e. The standard InChI is InChI=1S/C19H23FN4O4S/c1-13-3-5-16(20)18(11-13)23-9-7-14(8-10-23)22-17-6-4-15(29(27,28)21-2)12-19(17)24(25)26/h3-6,11-12,14,21-22H,7-10H2,1-2H3. The van der Waals surface area contributed by atoms with Crippen molar-refractivity contribution >= 4 is 27.1 Å². The van der Waals surface area contributed by atoms with E-state index in [9.17, 15) is 22.9 Å². The van der Waals surface area contributed by atoms with Gasteiger partial charge in [0.15, 0.2) is 0 Å². The van der Waals surface area contributed by atoms with E-state index in [4.69, 9.17) is 0 Å². The lowest BCUT2D eigenvalue weighted by molar-refractivity contribution is -0.384. The fourth-order valence-electron chi connectivity index (χ4n) is 3.42. The Morgan fingerprint density at radius 3 is 2.48 bits per heavy atom. The summed E-state index contributed by atoms with van der Waals surface area (Å²) in [4.78, 5) is 12.6. The minimum atomic E-state index is -3.77. The number of nitrogens with one attached hydrogen (secondary N) is 2. The Kier molecular flexibility index (Phi) is 6.04. The van der Waals surface area contributed by atoms with Gasteiger partial charge in [-0.3, -0.25) is 10.1 Å². The smallest absolute Gasteiger partial charge is 0.293 e. The molecule has 1 fully saturated rings. The second-order valence-electron chi connectivity index (χ2n) is 7.00. The number of hydrogen-bond acceptors (Lipinski definition) is 6. The van der Waals surface area contributed by atoms with Crippen LogP contribution in [0.4, 0.5) is 21.5 Å². The number of anilines is 2. The molecule has 1 saturated heterocycles. The van der Waals surface area contributed by atoms with Gasteiger partial charge < -0.3 is 10.2 Å². The average Bonchev–Trinajstić information content (AvgIpc) is 2.70. The van der Waals surface area contributed by atoms with E-state index < -0.39 is 14.9 Å². The molecule has 1 aliphatic heterocycles. The highest BCUT2D eigenvalue weighted by Gasteiger charge is 2.25. The summed E-state index contributed by atoms with van der Waals surface area (Å²) in [5.41, 5.74) is 1.52. The molecule has 29 heavy (non-hydrogen) atoms. The molecule has 0 aromatic heterocycles. The summed E-state index contributed by atoms with van der Waals surface area (Å²) in [5, 5.41) is 14.6. The molecule has 156 valence electrons. The van der Waals surface area contributed by atoms with E-state index in [1.807, 2.05) is 17.9 Å². The Bertz CT molecular complexity index is 1020. The third kappa shape index (κ3) is 4.65. The molecule has 2 aromatic carbocycles. The Balaban J connectivity index is 1.73. The molecule has 1 aliphatic rings. The number of benzene rings is 2. The maximum Gasteiger partial charge on any atom is 0.293 e. The number of nitrogens with zero attached hydrogens (tertiary/aromatic N) is 2. The van der Waals surface area contributed by atoms with Crippen molar-refractivity contribution < 1.29 is 17.7 Å². The number of nitro benzene ring substituents is 1. The van der Waals surface area contributed by atoms with Gasteiger partial charge in [0.25, 0.3) is 5.69 Å². The maximum absolute atomic E-state index is 14.1. The average molecular weight is 422 g/mol.